The second-order valence-corrected chi connectivity index (χ2v) is 9.14. The quantitative estimate of drug-likeness (QED) is 0.155. The van der Waals surface area contributed by atoms with Crippen LogP contribution in [0.4, 0.5) is 0 Å². The van der Waals surface area contributed by atoms with Crippen molar-refractivity contribution in [1.82, 2.24) is 4.40 Å². The van der Waals surface area contributed by atoms with Crippen molar-refractivity contribution in [2.45, 2.75) is 13.8 Å². The normalized spacial score (nSPS) is 12.7. The van der Waals surface area contributed by atoms with Gasteiger partial charge in [-0.05, 0) is 46.8 Å². The van der Waals surface area contributed by atoms with Gasteiger partial charge in [-0.1, -0.05) is 30.3 Å². The second-order valence-electron chi connectivity index (χ2n) is 8.23. The molecule has 4 aromatic heterocycles. The van der Waals surface area contributed by atoms with Gasteiger partial charge in [0.05, 0.1) is 21.1 Å². The highest BCUT2D eigenvalue weighted by atomic mass is 32.1. The second kappa shape index (κ2) is 5.05. The van der Waals surface area contributed by atoms with E-state index in [-0.39, 0.29) is 0 Å². The van der Waals surface area contributed by atoms with Gasteiger partial charge in [-0.25, -0.2) is 0 Å². The highest BCUT2D eigenvalue weighted by Crippen LogP contribution is 2.44. The number of benzene rings is 3. The molecule has 0 saturated carbocycles. The lowest BCUT2D eigenvalue weighted by Gasteiger charge is -2.14. The average Bonchev–Trinajstić information content (AvgIpc) is 3.32. The van der Waals surface area contributed by atoms with Crippen molar-refractivity contribution in [2.75, 3.05) is 0 Å². The van der Waals surface area contributed by atoms with Crippen LogP contribution in [0.3, 0.4) is 0 Å². The lowest BCUT2D eigenvalue weighted by atomic mass is 9.97. The van der Waals surface area contributed by atoms with Crippen LogP contribution in [0, 0.1) is 13.8 Å². The van der Waals surface area contributed by atoms with E-state index in [0.717, 1.165) is 0 Å². The summed E-state index contributed by atoms with van der Waals surface area (Å²) in [5, 5.41) is 10.3. The molecule has 3 aromatic carbocycles. The van der Waals surface area contributed by atoms with Gasteiger partial charge < -0.3 is 4.40 Å². The van der Waals surface area contributed by atoms with Crippen LogP contribution in [0.15, 0.2) is 60.0 Å². The fourth-order valence-electron chi connectivity index (χ4n) is 5.33. The van der Waals surface area contributed by atoms with Crippen LogP contribution in [-0.4, -0.2) is 4.40 Å². The van der Waals surface area contributed by atoms with Crippen molar-refractivity contribution < 1.29 is 4.57 Å². The topological polar surface area (TPSA) is 8.29 Å². The molecule has 4 heterocycles. The van der Waals surface area contributed by atoms with E-state index in [1.807, 2.05) is 11.3 Å². The van der Waals surface area contributed by atoms with Crippen LogP contribution in [0.1, 0.15) is 11.3 Å². The van der Waals surface area contributed by atoms with Crippen molar-refractivity contribution in [2.24, 2.45) is 7.05 Å². The number of rotatable bonds is 0. The molecule has 0 radical (unpaired) electrons. The van der Waals surface area contributed by atoms with Crippen molar-refractivity contribution in [3.8, 4) is 0 Å². The highest BCUT2D eigenvalue weighted by molar-refractivity contribution is 7.18. The fraction of sp³-hybridized carbons (Fsp3) is 0.115. The zero-order valence-corrected chi connectivity index (χ0v) is 17.4. The molecule has 29 heavy (non-hydrogen) atoms. The first-order chi connectivity index (χ1) is 14.1. The Hall–Kier alpha value is -3.17. The van der Waals surface area contributed by atoms with Crippen molar-refractivity contribution in [3.05, 3.63) is 71.2 Å². The molecule has 0 aliphatic heterocycles. The number of aromatic nitrogens is 2. The van der Waals surface area contributed by atoms with Crippen LogP contribution in [-0.2, 0) is 7.05 Å². The Labute approximate surface area is 171 Å². The number of nitrogens with zero attached hydrogens (tertiary/aromatic N) is 2. The fourth-order valence-corrected chi connectivity index (χ4v) is 6.25. The van der Waals surface area contributed by atoms with Crippen LogP contribution in [0.2, 0.25) is 0 Å². The van der Waals surface area contributed by atoms with Crippen LogP contribution in [0.25, 0.3) is 59.1 Å². The maximum atomic E-state index is 2.53. The zero-order chi connectivity index (χ0) is 19.4. The van der Waals surface area contributed by atoms with E-state index in [1.54, 1.807) is 0 Å². The molecule has 0 amide bonds. The van der Waals surface area contributed by atoms with Crippen LogP contribution >= 0.6 is 11.3 Å². The van der Waals surface area contributed by atoms with Gasteiger partial charge in [0, 0.05) is 29.1 Å². The van der Waals surface area contributed by atoms with Gasteiger partial charge >= 0.3 is 0 Å². The summed E-state index contributed by atoms with van der Waals surface area (Å²) in [5.74, 6) is 0. The zero-order valence-electron chi connectivity index (χ0n) is 16.6. The Morgan fingerprint density at radius 2 is 1.69 bits per heavy atom. The molecule has 0 N–H and O–H groups in total. The number of aryl methyl sites for hydroxylation is 3. The number of para-hydroxylation sites is 1. The summed E-state index contributed by atoms with van der Waals surface area (Å²) in [6, 6.07) is 20.4. The number of thiophene rings is 1. The predicted octanol–water partition coefficient (Wildman–Crippen LogP) is 6.65. The summed E-state index contributed by atoms with van der Waals surface area (Å²) in [4.78, 5) is 0. The summed E-state index contributed by atoms with van der Waals surface area (Å²) in [7, 11) is 2.21. The van der Waals surface area contributed by atoms with Crippen LogP contribution < -0.4 is 4.57 Å². The maximum absolute atomic E-state index is 2.53. The Bertz CT molecular complexity index is 1780. The van der Waals surface area contributed by atoms with E-state index >= 15 is 0 Å². The minimum Gasteiger partial charge on any atom is -0.301 e. The van der Waals surface area contributed by atoms with Gasteiger partial charge in [0.2, 0.25) is 5.52 Å². The first kappa shape index (κ1) is 15.7. The third kappa shape index (κ3) is 1.72. The van der Waals surface area contributed by atoms with E-state index in [2.05, 4.69) is 89.8 Å². The molecule has 7 rings (SSSR count). The summed E-state index contributed by atoms with van der Waals surface area (Å²) in [6.45, 7) is 4.47. The Morgan fingerprint density at radius 1 is 0.828 bits per heavy atom. The van der Waals surface area contributed by atoms with E-state index in [4.69, 9.17) is 0 Å². The summed E-state index contributed by atoms with van der Waals surface area (Å²) < 4.78 is 6.29. The van der Waals surface area contributed by atoms with Gasteiger partial charge in [0.15, 0.2) is 5.69 Å². The minimum atomic E-state index is 1.28. The molecule has 0 saturated heterocycles. The summed E-state index contributed by atoms with van der Waals surface area (Å²) in [5.41, 5.74) is 7.95. The predicted molar refractivity (Wildman–Crippen MR) is 125 cm³/mol. The van der Waals surface area contributed by atoms with Crippen molar-refractivity contribution >= 4 is 70.4 Å². The van der Waals surface area contributed by atoms with Crippen molar-refractivity contribution in [1.29, 1.82) is 0 Å². The molecule has 0 unspecified atom stereocenters. The highest BCUT2D eigenvalue weighted by Gasteiger charge is 2.26. The van der Waals surface area contributed by atoms with E-state index < -0.39 is 0 Å². The first-order valence-electron chi connectivity index (χ1n) is 10.0. The van der Waals surface area contributed by atoms with E-state index in [1.165, 1.54) is 70.3 Å². The van der Waals surface area contributed by atoms with Gasteiger partial charge in [-0.3, -0.25) is 0 Å². The lowest BCUT2D eigenvalue weighted by molar-refractivity contribution is -0.650. The monoisotopic (exact) mass is 391 g/mol. The SMILES string of the molecule is Cc1ccc2cc3ccsc3c3c2c1c1c2c(cc(C)[n+]1C)c1ccccc1n32. The Kier molecular flexibility index (Phi) is 2.74. The average molecular weight is 392 g/mol. The number of fused-ring (bicyclic) bond motifs is 7. The largest absolute Gasteiger partial charge is 0.301 e. The smallest absolute Gasteiger partial charge is 0.238 e. The molecule has 0 fully saturated rings. The van der Waals surface area contributed by atoms with Gasteiger partial charge in [-0.15, -0.1) is 11.3 Å². The molecule has 7 aromatic rings. The first-order valence-corrected chi connectivity index (χ1v) is 10.9. The molecule has 0 atom stereocenters. The minimum absolute atomic E-state index is 1.28. The summed E-state index contributed by atoms with van der Waals surface area (Å²) >= 11 is 1.85. The van der Waals surface area contributed by atoms with Gasteiger partial charge in [0.1, 0.15) is 12.6 Å². The Morgan fingerprint density at radius 3 is 2.59 bits per heavy atom. The number of hydrogen-bond acceptors (Lipinski definition) is 1. The van der Waals surface area contributed by atoms with E-state index in [9.17, 15) is 0 Å². The molecule has 138 valence electrons. The van der Waals surface area contributed by atoms with Crippen molar-refractivity contribution in [3.63, 3.8) is 0 Å². The third-order valence-electron chi connectivity index (χ3n) is 6.72. The Balaban J connectivity index is 2.06. The molecule has 0 aliphatic rings. The van der Waals surface area contributed by atoms with Crippen LogP contribution in [0.5, 0.6) is 0 Å². The number of pyridine rings is 2. The van der Waals surface area contributed by atoms with E-state index in [0.29, 0.717) is 0 Å². The molecule has 2 nitrogen and oxygen atoms in total. The molecular formula is C26H19N2S+. The van der Waals surface area contributed by atoms with Gasteiger partial charge in [0.25, 0.3) is 0 Å². The molecular weight excluding hydrogens is 372 g/mol. The molecule has 0 spiro atoms. The number of hydrogen-bond donors (Lipinski definition) is 0. The third-order valence-corrected chi connectivity index (χ3v) is 7.66. The standard InChI is InChI=1S/C26H19N2S/c1-14-8-9-16-13-17-10-11-29-26(17)25-22(16)21(14)24-23-19(12-15(2)27(24)3)18-6-4-5-7-20(18)28(23)25/h4-13H,1-3H3/q+1. The maximum Gasteiger partial charge on any atom is 0.238 e. The van der Waals surface area contributed by atoms with Gasteiger partial charge in [-0.2, -0.15) is 4.57 Å². The molecule has 0 bridgehead atoms. The molecule has 3 heteroatoms. The molecule has 0 aliphatic carbocycles. The summed E-state index contributed by atoms with van der Waals surface area (Å²) in [6.07, 6.45) is 0. The lowest BCUT2D eigenvalue weighted by Crippen LogP contribution is -2.33.